The van der Waals surface area contributed by atoms with Gasteiger partial charge in [-0.2, -0.15) is 0 Å². The highest BCUT2D eigenvalue weighted by Gasteiger charge is 2.21. The molecule has 2 N–H and O–H groups in total. The van der Waals surface area contributed by atoms with Crippen molar-refractivity contribution in [1.29, 1.82) is 0 Å². The van der Waals surface area contributed by atoms with Crippen LogP contribution in [0.2, 0.25) is 0 Å². The lowest BCUT2D eigenvalue weighted by molar-refractivity contribution is 0.116. The molecule has 1 aliphatic heterocycles. The van der Waals surface area contributed by atoms with Crippen molar-refractivity contribution in [3.8, 4) is 11.5 Å². The van der Waals surface area contributed by atoms with Crippen molar-refractivity contribution >= 4 is 5.69 Å². The second-order valence-electron chi connectivity index (χ2n) is 5.53. The van der Waals surface area contributed by atoms with Gasteiger partial charge in [-0.3, -0.25) is 0 Å². The summed E-state index contributed by atoms with van der Waals surface area (Å²) in [5.41, 5.74) is 4.03. The molecule has 1 atom stereocenters. The highest BCUT2D eigenvalue weighted by atomic mass is 16.5. The Balaban J connectivity index is 1.78. The normalized spacial score (nSPS) is 16.6. The molecular formula is C18H21NO3. The molecule has 0 saturated heterocycles. The van der Waals surface area contributed by atoms with Gasteiger partial charge in [-0.25, -0.2) is 0 Å². The summed E-state index contributed by atoms with van der Waals surface area (Å²) in [7, 11) is 1.68. The molecule has 0 spiro atoms. The Morgan fingerprint density at radius 1 is 1.32 bits per heavy atom. The van der Waals surface area contributed by atoms with Gasteiger partial charge in [-0.05, 0) is 30.2 Å². The Labute approximate surface area is 130 Å². The predicted octanol–water partition coefficient (Wildman–Crippen LogP) is 3.43. The first-order chi connectivity index (χ1) is 10.7. The number of benzene rings is 2. The molecule has 0 unspecified atom stereocenters. The number of hydrogen-bond donors (Lipinski definition) is 2. The molecule has 116 valence electrons. The monoisotopic (exact) mass is 299 g/mol. The van der Waals surface area contributed by atoms with E-state index in [0.717, 1.165) is 33.9 Å². The van der Waals surface area contributed by atoms with Crippen LogP contribution in [0.1, 0.15) is 29.2 Å². The molecular weight excluding hydrogens is 278 g/mol. The molecule has 2 aromatic carbocycles. The first kappa shape index (κ1) is 14.7. The second-order valence-corrected chi connectivity index (χ2v) is 5.53. The molecule has 4 heteroatoms. The zero-order valence-electron chi connectivity index (χ0n) is 12.9. The molecule has 1 aliphatic rings. The van der Waals surface area contributed by atoms with E-state index in [-0.39, 0.29) is 0 Å². The van der Waals surface area contributed by atoms with Crippen molar-refractivity contribution in [3.05, 3.63) is 53.1 Å². The fourth-order valence-electron chi connectivity index (χ4n) is 2.72. The van der Waals surface area contributed by atoms with Crippen LogP contribution in [0.4, 0.5) is 5.69 Å². The van der Waals surface area contributed by atoms with Crippen LogP contribution in [-0.4, -0.2) is 18.8 Å². The van der Waals surface area contributed by atoms with Crippen molar-refractivity contribution in [1.82, 2.24) is 0 Å². The summed E-state index contributed by atoms with van der Waals surface area (Å²) >= 11 is 0. The first-order valence-electron chi connectivity index (χ1n) is 7.50. The third kappa shape index (κ3) is 2.88. The molecule has 0 amide bonds. The van der Waals surface area contributed by atoms with Crippen LogP contribution in [0.25, 0.3) is 0 Å². The van der Waals surface area contributed by atoms with Crippen LogP contribution in [0.3, 0.4) is 0 Å². The van der Waals surface area contributed by atoms with E-state index in [2.05, 4.69) is 17.4 Å². The fourth-order valence-corrected chi connectivity index (χ4v) is 2.72. The largest absolute Gasteiger partial charge is 0.496 e. The van der Waals surface area contributed by atoms with E-state index in [4.69, 9.17) is 9.47 Å². The minimum atomic E-state index is -0.440. The van der Waals surface area contributed by atoms with Crippen molar-refractivity contribution in [3.63, 3.8) is 0 Å². The highest BCUT2D eigenvalue weighted by Crippen LogP contribution is 2.38. The molecule has 0 bridgehead atoms. The number of rotatable bonds is 4. The molecule has 0 aromatic heterocycles. The highest BCUT2D eigenvalue weighted by molar-refractivity contribution is 5.61. The van der Waals surface area contributed by atoms with Gasteiger partial charge in [0.25, 0.3) is 0 Å². The molecule has 3 rings (SSSR count). The summed E-state index contributed by atoms with van der Waals surface area (Å²) in [4.78, 5) is 0. The van der Waals surface area contributed by atoms with E-state index in [1.807, 2.05) is 31.2 Å². The van der Waals surface area contributed by atoms with Gasteiger partial charge < -0.3 is 19.9 Å². The summed E-state index contributed by atoms with van der Waals surface area (Å²) in [6.07, 6.45) is 0.205. The van der Waals surface area contributed by atoms with E-state index in [9.17, 15) is 5.11 Å². The van der Waals surface area contributed by atoms with Gasteiger partial charge in [-0.15, -0.1) is 0 Å². The minimum absolute atomic E-state index is 0.440. The van der Waals surface area contributed by atoms with Crippen LogP contribution < -0.4 is 14.8 Å². The maximum atomic E-state index is 10.0. The van der Waals surface area contributed by atoms with Gasteiger partial charge >= 0.3 is 0 Å². The molecule has 22 heavy (non-hydrogen) atoms. The Morgan fingerprint density at radius 3 is 3.00 bits per heavy atom. The Kier molecular flexibility index (Phi) is 4.20. The van der Waals surface area contributed by atoms with Gasteiger partial charge in [0, 0.05) is 18.5 Å². The number of fused-ring (bicyclic) bond motifs is 1. The summed E-state index contributed by atoms with van der Waals surface area (Å²) in [6, 6.07) is 12.0. The van der Waals surface area contributed by atoms with Gasteiger partial charge in [0.15, 0.2) is 0 Å². The minimum Gasteiger partial charge on any atom is -0.496 e. The maximum Gasteiger partial charge on any atom is 0.148 e. The zero-order valence-corrected chi connectivity index (χ0v) is 12.9. The van der Waals surface area contributed by atoms with E-state index in [1.54, 1.807) is 7.11 Å². The topological polar surface area (TPSA) is 50.7 Å². The van der Waals surface area contributed by atoms with Gasteiger partial charge in [0.05, 0.1) is 25.5 Å². The van der Waals surface area contributed by atoms with Crippen molar-refractivity contribution < 1.29 is 14.6 Å². The first-order valence-corrected chi connectivity index (χ1v) is 7.50. The lowest BCUT2D eigenvalue weighted by Gasteiger charge is -2.24. The number of ether oxygens (including phenoxy) is 2. The maximum absolute atomic E-state index is 10.0. The molecule has 2 aromatic rings. The zero-order chi connectivity index (χ0) is 15.5. The van der Waals surface area contributed by atoms with E-state index in [0.29, 0.717) is 19.6 Å². The SMILES string of the molecule is COc1cc(CNc2cccc3c2OCC[C@@H]3O)ccc1C. The number of methoxy groups -OCH3 is 1. The van der Waals surface area contributed by atoms with Gasteiger partial charge in [-0.1, -0.05) is 24.3 Å². The number of aliphatic hydroxyl groups is 1. The molecule has 0 fully saturated rings. The average molecular weight is 299 g/mol. The summed E-state index contributed by atoms with van der Waals surface area (Å²) in [5, 5.41) is 13.4. The lowest BCUT2D eigenvalue weighted by atomic mass is 10.0. The second kappa shape index (κ2) is 6.28. The van der Waals surface area contributed by atoms with Crippen LogP contribution in [0.15, 0.2) is 36.4 Å². The molecule has 1 heterocycles. The Bertz CT molecular complexity index is 669. The number of anilines is 1. The van der Waals surface area contributed by atoms with Crippen LogP contribution >= 0.6 is 0 Å². The Hall–Kier alpha value is -2.20. The number of nitrogens with one attached hydrogen (secondary N) is 1. The molecule has 0 radical (unpaired) electrons. The van der Waals surface area contributed by atoms with Crippen molar-refractivity contribution in [2.24, 2.45) is 0 Å². The van der Waals surface area contributed by atoms with Crippen LogP contribution in [0.5, 0.6) is 11.5 Å². The average Bonchev–Trinajstić information content (AvgIpc) is 2.54. The number of hydrogen-bond acceptors (Lipinski definition) is 4. The predicted molar refractivity (Wildman–Crippen MR) is 86.6 cm³/mol. The van der Waals surface area contributed by atoms with Gasteiger partial charge in [0.1, 0.15) is 11.5 Å². The lowest BCUT2D eigenvalue weighted by Crippen LogP contribution is -2.15. The van der Waals surface area contributed by atoms with Crippen LogP contribution in [-0.2, 0) is 6.54 Å². The quantitative estimate of drug-likeness (QED) is 0.908. The fraction of sp³-hybridized carbons (Fsp3) is 0.333. The smallest absolute Gasteiger partial charge is 0.148 e. The van der Waals surface area contributed by atoms with Gasteiger partial charge in [0.2, 0.25) is 0 Å². The van der Waals surface area contributed by atoms with Crippen molar-refractivity contribution in [2.45, 2.75) is 26.0 Å². The van der Waals surface area contributed by atoms with Crippen LogP contribution in [0, 0.1) is 6.92 Å². The molecule has 0 saturated carbocycles. The Morgan fingerprint density at radius 2 is 2.18 bits per heavy atom. The molecule has 0 aliphatic carbocycles. The summed E-state index contributed by atoms with van der Waals surface area (Å²) in [6.45, 7) is 3.25. The number of aliphatic hydroxyl groups excluding tert-OH is 1. The van der Waals surface area contributed by atoms with E-state index < -0.39 is 6.10 Å². The number of para-hydroxylation sites is 1. The summed E-state index contributed by atoms with van der Waals surface area (Å²) < 4.78 is 11.1. The molecule has 4 nitrogen and oxygen atoms in total. The van der Waals surface area contributed by atoms with E-state index in [1.165, 1.54) is 0 Å². The standard InChI is InChI=1S/C18H21NO3/c1-12-6-7-13(10-17(12)21-2)11-19-15-5-3-4-14-16(20)8-9-22-18(14)15/h3-7,10,16,19-20H,8-9,11H2,1-2H3/t16-/m0/s1. The third-order valence-corrected chi connectivity index (χ3v) is 4.00. The summed E-state index contributed by atoms with van der Waals surface area (Å²) in [5.74, 6) is 1.65. The van der Waals surface area contributed by atoms with Crippen molar-refractivity contribution in [2.75, 3.05) is 19.0 Å². The third-order valence-electron chi connectivity index (χ3n) is 4.00. The van der Waals surface area contributed by atoms with E-state index >= 15 is 0 Å². The number of aryl methyl sites for hydroxylation is 1.